The summed E-state index contributed by atoms with van der Waals surface area (Å²) in [5.74, 6) is -1.17. The van der Waals surface area contributed by atoms with Crippen molar-refractivity contribution in [1.29, 1.82) is 0 Å². The van der Waals surface area contributed by atoms with Gasteiger partial charge in [0, 0.05) is 25.7 Å². The Bertz CT molecular complexity index is 326. The van der Waals surface area contributed by atoms with Gasteiger partial charge in [-0.1, -0.05) is 13.8 Å². The number of carbonyl (C=O) groups is 1. The second kappa shape index (κ2) is 7.36. The van der Waals surface area contributed by atoms with Gasteiger partial charge in [-0.3, -0.25) is 14.6 Å². The van der Waals surface area contributed by atoms with Gasteiger partial charge in [0.1, 0.15) is 0 Å². The molecular formula is C14H26N2O4. The van der Waals surface area contributed by atoms with E-state index < -0.39 is 11.9 Å². The number of aliphatic carboxylic acids is 1. The molecule has 20 heavy (non-hydrogen) atoms. The maximum Gasteiger partial charge on any atom is 0.310 e. The van der Waals surface area contributed by atoms with E-state index in [2.05, 4.69) is 23.6 Å². The molecule has 116 valence electrons. The van der Waals surface area contributed by atoms with Crippen LogP contribution in [-0.4, -0.2) is 85.6 Å². The van der Waals surface area contributed by atoms with Crippen molar-refractivity contribution in [2.45, 2.75) is 26.0 Å². The van der Waals surface area contributed by atoms with Crippen LogP contribution in [0.2, 0.25) is 0 Å². The van der Waals surface area contributed by atoms with Crippen LogP contribution in [0.1, 0.15) is 13.8 Å². The van der Waals surface area contributed by atoms with Gasteiger partial charge in [0.2, 0.25) is 0 Å². The number of morpholine rings is 1. The number of nitrogens with zero attached hydrogens (tertiary/aromatic N) is 2. The van der Waals surface area contributed by atoms with Crippen LogP contribution in [0.25, 0.3) is 0 Å². The molecule has 0 radical (unpaired) electrons. The lowest BCUT2D eigenvalue weighted by Crippen LogP contribution is -2.51. The molecule has 0 aromatic carbocycles. The Morgan fingerprint density at radius 1 is 1.40 bits per heavy atom. The first-order chi connectivity index (χ1) is 9.65. The highest BCUT2D eigenvalue weighted by Crippen LogP contribution is 2.21. The van der Waals surface area contributed by atoms with E-state index in [9.17, 15) is 9.90 Å². The first-order valence-electron chi connectivity index (χ1n) is 7.54. The molecule has 0 amide bonds. The Morgan fingerprint density at radius 3 is 2.85 bits per heavy atom. The third-order valence-corrected chi connectivity index (χ3v) is 4.35. The summed E-state index contributed by atoms with van der Waals surface area (Å²) < 4.78 is 11.2. The smallest absolute Gasteiger partial charge is 0.310 e. The molecule has 2 fully saturated rings. The molecule has 1 N–H and O–H groups in total. The maximum absolute atomic E-state index is 11.3. The van der Waals surface area contributed by atoms with Gasteiger partial charge in [0.05, 0.1) is 31.8 Å². The summed E-state index contributed by atoms with van der Waals surface area (Å²) in [7, 11) is 0. The molecule has 3 unspecified atom stereocenters. The summed E-state index contributed by atoms with van der Waals surface area (Å²) in [5.41, 5.74) is 0. The van der Waals surface area contributed by atoms with Crippen LogP contribution in [0.3, 0.4) is 0 Å². The zero-order chi connectivity index (χ0) is 14.5. The van der Waals surface area contributed by atoms with Gasteiger partial charge < -0.3 is 14.6 Å². The fraction of sp³-hybridized carbons (Fsp3) is 0.929. The monoisotopic (exact) mass is 286 g/mol. The van der Waals surface area contributed by atoms with Crippen molar-refractivity contribution in [2.75, 3.05) is 52.5 Å². The summed E-state index contributed by atoms with van der Waals surface area (Å²) in [6.07, 6.45) is 0.165. The van der Waals surface area contributed by atoms with E-state index in [1.54, 1.807) is 0 Å². The standard InChI is InChI=1S/C14H26N2O4/c1-3-15-5-6-20-11(7-15)8-16(4-2)13-10-19-9-12(13)14(17)18/h11-13H,3-10H2,1-2H3,(H,17,18). The van der Waals surface area contributed by atoms with Gasteiger partial charge in [-0.25, -0.2) is 0 Å². The second-order valence-corrected chi connectivity index (χ2v) is 5.52. The van der Waals surface area contributed by atoms with Crippen molar-refractivity contribution in [3.8, 4) is 0 Å². The van der Waals surface area contributed by atoms with Crippen LogP contribution in [0.4, 0.5) is 0 Å². The topological polar surface area (TPSA) is 62.2 Å². The lowest BCUT2D eigenvalue weighted by molar-refractivity contribution is -0.143. The fourth-order valence-corrected chi connectivity index (χ4v) is 3.08. The minimum Gasteiger partial charge on any atom is -0.481 e. The lowest BCUT2D eigenvalue weighted by Gasteiger charge is -2.37. The van der Waals surface area contributed by atoms with E-state index in [1.807, 2.05) is 0 Å². The van der Waals surface area contributed by atoms with Crippen LogP contribution < -0.4 is 0 Å². The third-order valence-electron chi connectivity index (χ3n) is 4.35. The molecule has 2 rings (SSSR count). The van der Waals surface area contributed by atoms with Crippen LogP contribution in [0.15, 0.2) is 0 Å². The zero-order valence-electron chi connectivity index (χ0n) is 12.5. The van der Waals surface area contributed by atoms with E-state index >= 15 is 0 Å². The van der Waals surface area contributed by atoms with Gasteiger partial charge >= 0.3 is 5.97 Å². The van der Waals surface area contributed by atoms with Crippen molar-refractivity contribution in [3.63, 3.8) is 0 Å². The minimum absolute atomic E-state index is 0.0295. The Morgan fingerprint density at radius 2 is 2.20 bits per heavy atom. The molecule has 0 aliphatic carbocycles. The molecule has 3 atom stereocenters. The molecule has 2 heterocycles. The molecule has 0 aromatic heterocycles. The first-order valence-corrected chi connectivity index (χ1v) is 7.54. The Hall–Kier alpha value is -0.690. The molecule has 0 bridgehead atoms. The van der Waals surface area contributed by atoms with E-state index in [1.165, 1.54) is 0 Å². The fourth-order valence-electron chi connectivity index (χ4n) is 3.08. The summed E-state index contributed by atoms with van der Waals surface area (Å²) in [5, 5.41) is 9.27. The molecule has 0 aromatic rings. The highest BCUT2D eigenvalue weighted by Gasteiger charge is 2.38. The quantitative estimate of drug-likeness (QED) is 0.749. The van der Waals surface area contributed by atoms with Crippen molar-refractivity contribution < 1.29 is 19.4 Å². The zero-order valence-corrected chi connectivity index (χ0v) is 12.5. The number of carboxylic acids is 1. The van der Waals surface area contributed by atoms with Crippen molar-refractivity contribution in [3.05, 3.63) is 0 Å². The summed E-state index contributed by atoms with van der Waals surface area (Å²) >= 11 is 0. The van der Waals surface area contributed by atoms with Crippen molar-refractivity contribution >= 4 is 5.97 Å². The molecule has 2 saturated heterocycles. The normalized spacial score (nSPS) is 31.9. The summed E-state index contributed by atoms with van der Waals surface area (Å²) in [6, 6.07) is -0.0295. The van der Waals surface area contributed by atoms with Crippen LogP contribution >= 0.6 is 0 Å². The van der Waals surface area contributed by atoms with Crippen molar-refractivity contribution in [1.82, 2.24) is 9.80 Å². The Kier molecular flexibility index (Phi) is 5.77. The molecule has 2 aliphatic heterocycles. The maximum atomic E-state index is 11.3. The van der Waals surface area contributed by atoms with Crippen LogP contribution in [0, 0.1) is 5.92 Å². The molecule has 6 heteroatoms. The summed E-state index contributed by atoms with van der Waals surface area (Å²) in [6.45, 7) is 10.4. The molecular weight excluding hydrogens is 260 g/mol. The number of carboxylic acid groups (broad SMARTS) is 1. The van der Waals surface area contributed by atoms with E-state index in [-0.39, 0.29) is 12.1 Å². The molecule has 2 aliphatic rings. The van der Waals surface area contributed by atoms with E-state index in [0.717, 1.165) is 39.3 Å². The number of hydrogen-bond acceptors (Lipinski definition) is 5. The van der Waals surface area contributed by atoms with Gasteiger partial charge in [0.15, 0.2) is 0 Å². The average Bonchev–Trinajstić information content (AvgIpc) is 2.94. The number of ether oxygens (including phenoxy) is 2. The number of likely N-dealkylation sites (N-methyl/N-ethyl adjacent to an activating group) is 2. The van der Waals surface area contributed by atoms with Crippen LogP contribution in [-0.2, 0) is 14.3 Å². The predicted octanol–water partition coefficient (Wildman–Crippen LogP) is 0.129. The molecule has 0 saturated carbocycles. The van der Waals surface area contributed by atoms with Gasteiger partial charge in [-0.05, 0) is 13.1 Å². The highest BCUT2D eigenvalue weighted by molar-refractivity contribution is 5.71. The predicted molar refractivity (Wildman–Crippen MR) is 74.8 cm³/mol. The minimum atomic E-state index is -0.759. The lowest BCUT2D eigenvalue weighted by atomic mass is 10.0. The van der Waals surface area contributed by atoms with Crippen molar-refractivity contribution in [2.24, 2.45) is 5.92 Å². The SMILES string of the molecule is CCN1CCOC(CN(CC)C2COCC2C(=O)O)C1. The number of hydrogen-bond donors (Lipinski definition) is 1. The summed E-state index contributed by atoms with van der Waals surface area (Å²) in [4.78, 5) is 15.9. The molecule has 0 spiro atoms. The third kappa shape index (κ3) is 3.69. The second-order valence-electron chi connectivity index (χ2n) is 5.52. The average molecular weight is 286 g/mol. The Balaban J connectivity index is 1.92. The molecule has 6 nitrogen and oxygen atoms in total. The van der Waals surface area contributed by atoms with Gasteiger partial charge in [-0.15, -0.1) is 0 Å². The number of rotatable bonds is 6. The first kappa shape index (κ1) is 15.7. The largest absolute Gasteiger partial charge is 0.481 e. The van der Waals surface area contributed by atoms with Gasteiger partial charge in [0.25, 0.3) is 0 Å². The van der Waals surface area contributed by atoms with E-state index in [0.29, 0.717) is 13.2 Å². The van der Waals surface area contributed by atoms with Crippen LogP contribution in [0.5, 0.6) is 0 Å². The highest BCUT2D eigenvalue weighted by atomic mass is 16.5. The van der Waals surface area contributed by atoms with E-state index in [4.69, 9.17) is 9.47 Å². The van der Waals surface area contributed by atoms with Gasteiger partial charge in [-0.2, -0.15) is 0 Å². The Labute approximate surface area is 120 Å².